The molecule has 1 aromatic heterocycles. The van der Waals surface area contributed by atoms with E-state index in [1.54, 1.807) is 22.9 Å². The lowest BCUT2D eigenvalue weighted by Crippen LogP contribution is -2.03. The van der Waals surface area contributed by atoms with Gasteiger partial charge in [0.15, 0.2) is 0 Å². The summed E-state index contributed by atoms with van der Waals surface area (Å²) < 4.78 is 1.65. The number of hydrogen-bond donors (Lipinski definition) is 0. The second-order valence-electron chi connectivity index (χ2n) is 5.80. The summed E-state index contributed by atoms with van der Waals surface area (Å²) in [6.07, 6.45) is 0. The first kappa shape index (κ1) is 15.8. The lowest BCUT2D eigenvalue weighted by molar-refractivity contribution is -0.384. The lowest BCUT2D eigenvalue weighted by Gasteiger charge is -2.08. The number of para-hydroxylation sites is 2. The minimum atomic E-state index is -0.381. The maximum atomic E-state index is 11.5. The van der Waals surface area contributed by atoms with Gasteiger partial charge in [0.05, 0.1) is 16.3 Å². The maximum Gasteiger partial charge on any atom is 0.294 e. The smallest absolute Gasteiger partial charge is 0.258 e. The third kappa shape index (κ3) is 2.86. The van der Waals surface area contributed by atoms with Gasteiger partial charge in [-0.1, -0.05) is 72.8 Å². The molecule has 0 saturated heterocycles. The van der Waals surface area contributed by atoms with Gasteiger partial charge in [-0.2, -0.15) is 5.10 Å². The maximum absolute atomic E-state index is 11.5. The Kier molecular flexibility index (Phi) is 4.03. The molecule has 0 saturated carbocycles. The number of benzene rings is 3. The van der Waals surface area contributed by atoms with Crippen LogP contribution in [-0.2, 0) is 0 Å². The quantitative estimate of drug-likeness (QED) is 0.382. The molecule has 0 amide bonds. The standard InChI is InChI=1S/C21H15N3O2/c25-24(26)20-14-8-7-13-19(20)23-21(17-11-5-2-6-12-17)15-18(22-23)16-9-3-1-4-10-16/h1-15H. The van der Waals surface area contributed by atoms with Gasteiger partial charge >= 0.3 is 0 Å². The third-order valence-electron chi connectivity index (χ3n) is 4.16. The molecular weight excluding hydrogens is 326 g/mol. The highest BCUT2D eigenvalue weighted by Crippen LogP contribution is 2.31. The van der Waals surface area contributed by atoms with E-state index in [1.165, 1.54) is 6.07 Å². The van der Waals surface area contributed by atoms with E-state index in [-0.39, 0.29) is 10.6 Å². The fraction of sp³-hybridized carbons (Fsp3) is 0. The van der Waals surface area contributed by atoms with E-state index in [1.807, 2.05) is 66.7 Å². The van der Waals surface area contributed by atoms with E-state index < -0.39 is 0 Å². The first-order valence-corrected chi connectivity index (χ1v) is 8.19. The summed E-state index contributed by atoms with van der Waals surface area (Å²) in [7, 11) is 0. The van der Waals surface area contributed by atoms with Crippen LogP contribution >= 0.6 is 0 Å². The Bertz CT molecular complexity index is 1060. The molecule has 5 heteroatoms. The summed E-state index contributed by atoms with van der Waals surface area (Å²) in [5.41, 5.74) is 3.94. The average molecular weight is 341 g/mol. The second kappa shape index (κ2) is 6.64. The highest BCUT2D eigenvalue weighted by molar-refractivity contribution is 5.71. The van der Waals surface area contributed by atoms with Crippen molar-refractivity contribution in [2.24, 2.45) is 0 Å². The van der Waals surface area contributed by atoms with Crippen molar-refractivity contribution in [3.8, 4) is 28.2 Å². The fourth-order valence-corrected chi connectivity index (χ4v) is 2.93. The van der Waals surface area contributed by atoms with Gasteiger partial charge in [0.1, 0.15) is 5.69 Å². The molecule has 1 heterocycles. The Morgan fingerprint density at radius 3 is 2.00 bits per heavy atom. The molecule has 0 bridgehead atoms. The molecule has 0 fully saturated rings. The van der Waals surface area contributed by atoms with Gasteiger partial charge in [-0.05, 0) is 12.1 Å². The fourth-order valence-electron chi connectivity index (χ4n) is 2.93. The van der Waals surface area contributed by atoms with E-state index in [2.05, 4.69) is 5.10 Å². The normalized spacial score (nSPS) is 10.6. The molecule has 0 aliphatic heterocycles. The summed E-state index contributed by atoms with van der Waals surface area (Å²) in [6.45, 7) is 0. The number of aromatic nitrogens is 2. The Morgan fingerprint density at radius 1 is 0.769 bits per heavy atom. The summed E-state index contributed by atoms with van der Waals surface area (Å²) in [5, 5.41) is 16.2. The van der Waals surface area contributed by atoms with E-state index in [9.17, 15) is 10.1 Å². The van der Waals surface area contributed by atoms with Crippen molar-refractivity contribution in [3.63, 3.8) is 0 Å². The van der Waals surface area contributed by atoms with Gasteiger partial charge in [-0.3, -0.25) is 10.1 Å². The van der Waals surface area contributed by atoms with Crippen molar-refractivity contribution in [2.45, 2.75) is 0 Å². The monoisotopic (exact) mass is 341 g/mol. The topological polar surface area (TPSA) is 61.0 Å². The van der Waals surface area contributed by atoms with E-state index in [0.29, 0.717) is 5.69 Å². The van der Waals surface area contributed by atoms with Gasteiger partial charge in [-0.25, -0.2) is 4.68 Å². The predicted octanol–water partition coefficient (Wildman–Crippen LogP) is 5.11. The summed E-state index contributed by atoms with van der Waals surface area (Å²) in [4.78, 5) is 11.1. The van der Waals surface area contributed by atoms with Crippen LogP contribution in [0.2, 0.25) is 0 Å². The number of nitro groups is 1. The summed E-state index contributed by atoms with van der Waals surface area (Å²) >= 11 is 0. The van der Waals surface area contributed by atoms with E-state index >= 15 is 0 Å². The molecule has 0 atom stereocenters. The third-order valence-corrected chi connectivity index (χ3v) is 4.16. The zero-order valence-electron chi connectivity index (χ0n) is 13.8. The van der Waals surface area contributed by atoms with Gasteiger partial charge in [-0.15, -0.1) is 0 Å². The minimum absolute atomic E-state index is 0.0207. The molecule has 0 radical (unpaired) electrons. The predicted molar refractivity (Wildman–Crippen MR) is 101 cm³/mol. The molecular formula is C21H15N3O2. The molecule has 0 aliphatic carbocycles. The minimum Gasteiger partial charge on any atom is -0.258 e. The SMILES string of the molecule is O=[N+]([O-])c1ccccc1-n1nc(-c2ccccc2)cc1-c1ccccc1. The van der Waals surface area contributed by atoms with Crippen LogP contribution < -0.4 is 0 Å². The number of hydrogen-bond acceptors (Lipinski definition) is 3. The van der Waals surface area contributed by atoms with Gasteiger partial charge in [0.25, 0.3) is 5.69 Å². The largest absolute Gasteiger partial charge is 0.294 e. The Hall–Kier alpha value is -3.73. The molecule has 0 spiro atoms. The zero-order chi connectivity index (χ0) is 17.9. The summed E-state index contributed by atoms with van der Waals surface area (Å²) in [5.74, 6) is 0. The van der Waals surface area contributed by atoms with Crippen molar-refractivity contribution in [1.29, 1.82) is 0 Å². The van der Waals surface area contributed by atoms with Crippen molar-refractivity contribution in [2.75, 3.05) is 0 Å². The summed E-state index contributed by atoms with van der Waals surface area (Å²) in [6, 6.07) is 28.1. The van der Waals surface area contributed by atoms with E-state index in [4.69, 9.17) is 0 Å². The van der Waals surface area contributed by atoms with Crippen LogP contribution in [0.25, 0.3) is 28.2 Å². The average Bonchev–Trinajstić information content (AvgIpc) is 3.14. The Labute approximate surface area is 150 Å². The molecule has 0 unspecified atom stereocenters. The number of nitro benzene ring substituents is 1. The lowest BCUT2D eigenvalue weighted by atomic mass is 10.1. The van der Waals surface area contributed by atoms with Crippen LogP contribution in [0.3, 0.4) is 0 Å². The molecule has 0 aliphatic rings. The van der Waals surface area contributed by atoms with Crippen molar-refractivity contribution < 1.29 is 4.92 Å². The van der Waals surface area contributed by atoms with Gasteiger partial charge in [0.2, 0.25) is 0 Å². The first-order valence-electron chi connectivity index (χ1n) is 8.19. The van der Waals surface area contributed by atoms with Crippen LogP contribution in [0, 0.1) is 10.1 Å². The molecule has 4 rings (SSSR count). The molecule has 3 aromatic carbocycles. The van der Waals surface area contributed by atoms with Crippen LogP contribution in [0.1, 0.15) is 0 Å². The molecule has 4 aromatic rings. The molecule has 26 heavy (non-hydrogen) atoms. The Morgan fingerprint density at radius 2 is 1.35 bits per heavy atom. The number of nitrogens with zero attached hydrogens (tertiary/aromatic N) is 3. The second-order valence-corrected chi connectivity index (χ2v) is 5.80. The highest BCUT2D eigenvalue weighted by atomic mass is 16.6. The van der Waals surface area contributed by atoms with Crippen LogP contribution in [0.5, 0.6) is 0 Å². The van der Waals surface area contributed by atoms with Crippen LogP contribution in [0.15, 0.2) is 91.0 Å². The first-order chi connectivity index (χ1) is 12.7. The van der Waals surface area contributed by atoms with Crippen LogP contribution in [0.4, 0.5) is 5.69 Å². The van der Waals surface area contributed by atoms with Gasteiger partial charge < -0.3 is 0 Å². The molecule has 126 valence electrons. The molecule has 5 nitrogen and oxygen atoms in total. The van der Waals surface area contributed by atoms with Gasteiger partial charge in [0, 0.05) is 17.2 Å². The zero-order valence-corrected chi connectivity index (χ0v) is 13.8. The van der Waals surface area contributed by atoms with Crippen molar-refractivity contribution >= 4 is 5.69 Å². The van der Waals surface area contributed by atoms with E-state index in [0.717, 1.165) is 22.5 Å². The number of rotatable bonds is 4. The Balaban J connectivity index is 1.97. The highest BCUT2D eigenvalue weighted by Gasteiger charge is 2.20. The van der Waals surface area contributed by atoms with Crippen molar-refractivity contribution in [3.05, 3.63) is 101 Å². The van der Waals surface area contributed by atoms with Crippen LogP contribution in [-0.4, -0.2) is 14.7 Å². The van der Waals surface area contributed by atoms with Crippen molar-refractivity contribution in [1.82, 2.24) is 9.78 Å². The molecule has 0 N–H and O–H groups in total.